The van der Waals surface area contributed by atoms with Gasteiger partial charge in [0.05, 0.1) is 11.1 Å². The Morgan fingerprint density at radius 1 is 0.776 bits per heavy atom. The highest BCUT2D eigenvalue weighted by atomic mass is 19.1. The molecule has 2 saturated heterocycles. The monoisotopic (exact) mass is 1050 g/mol. The molecule has 0 radical (unpaired) electrons. The lowest BCUT2D eigenvalue weighted by Gasteiger charge is -2.41. The molecule has 2 aromatic heterocycles. The standard InChI is InChI=1S/C57H79FN10O8/c1-13-57(9,10)68-31-39(40-17-14-15-18-45(40)68)29-44-54(74)66(12)47(25-34(4)5)51(71)62-43(28-37-21-23-41-38(27-37)30-59-56(64-41)76-32-58)50(70)60-36(8)53(73)65(11)46-19-16-24-67(55(46)75)48(26-35(6)7)52(72)61-42(49(69)63-44)22-20-33(2)3/h13-15,17-18,21,23,27,30-31,33-36,42-44,46-48H,1,16,19-20,22,24-26,28-29,32H2,2-12H3,(H,60,70)(H,61,72)(H,62,71)(H,63,69)/t36-,42-,43-,44-,46-,47-,48-/m0/s1. The van der Waals surface area contributed by atoms with Gasteiger partial charge in [-0.2, -0.15) is 4.98 Å². The fourth-order valence-corrected chi connectivity index (χ4v) is 10.2. The smallest absolute Gasteiger partial charge is 0.319 e. The van der Waals surface area contributed by atoms with Crippen LogP contribution in [0.2, 0.25) is 0 Å². The Morgan fingerprint density at radius 2 is 1.42 bits per heavy atom. The number of hydrogen-bond acceptors (Lipinski definition) is 10. The minimum Gasteiger partial charge on any atom is -0.431 e. The van der Waals surface area contributed by atoms with Crippen LogP contribution in [0.1, 0.15) is 112 Å². The molecule has 0 unspecified atom stereocenters. The van der Waals surface area contributed by atoms with Gasteiger partial charge in [0.25, 0.3) is 0 Å². The molecule has 2 fully saturated rings. The van der Waals surface area contributed by atoms with Gasteiger partial charge in [0.15, 0.2) is 0 Å². The fourth-order valence-electron chi connectivity index (χ4n) is 10.2. The summed E-state index contributed by atoms with van der Waals surface area (Å²) in [7, 11) is 3.00. The molecule has 4 heterocycles. The first-order chi connectivity index (χ1) is 35.9. The van der Waals surface area contributed by atoms with E-state index in [4.69, 9.17) is 4.74 Å². The number of nitrogens with zero attached hydrogens (tertiary/aromatic N) is 6. The summed E-state index contributed by atoms with van der Waals surface area (Å²) in [5.74, 6) is -4.18. The van der Waals surface area contributed by atoms with Gasteiger partial charge in [-0.1, -0.05) is 71.9 Å². The number of benzene rings is 2. The molecule has 6 rings (SSSR count). The summed E-state index contributed by atoms with van der Waals surface area (Å²) in [4.78, 5) is 116. The fraction of sp³-hybridized carbons (Fsp3) is 0.561. The van der Waals surface area contributed by atoms with E-state index in [-0.39, 0.29) is 62.4 Å². The number of fused-ring (bicyclic) bond motifs is 4. The number of carbonyl (C=O) groups excluding carboxylic acids is 7. The zero-order valence-electron chi connectivity index (χ0n) is 46.2. The molecule has 0 aliphatic carbocycles. The van der Waals surface area contributed by atoms with Gasteiger partial charge in [-0.3, -0.25) is 33.6 Å². The second-order valence-electron chi connectivity index (χ2n) is 22.4. The third-order valence-electron chi connectivity index (χ3n) is 14.7. The molecule has 0 spiro atoms. The van der Waals surface area contributed by atoms with Crippen LogP contribution in [0.15, 0.2) is 67.5 Å². The van der Waals surface area contributed by atoms with Crippen molar-refractivity contribution >= 4 is 63.2 Å². The SMILES string of the molecule is C=CC(C)(C)n1cc(C[C@@H]2NC(=O)[C@H](CCC(C)C)NC(=O)[C@H](CC(C)C)N3CCC[C@@H](C3=O)N(C)C(=O)[C@H](C)NC(=O)[C@H](Cc3ccc4nc(OCF)ncc4c3)NC(=O)[C@H](CC(C)C)N(C)C2=O)c2ccccc21. The van der Waals surface area contributed by atoms with Gasteiger partial charge in [0.1, 0.15) is 42.3 Å². The Morgan fingerprint density at radius 3 is 2.09 bits per heavy atom. The second-order valence-corrected chi connectivity index (χ2v) is 22.4. The van der Waals surface area contributed by atoms with E-state index in [9.17, 15) is 23.6 Å². The Hall–Kier alpha value is -6.92. The van der Waals surface area contributed by atoms with Gasteiger partial charge < -0.3 is 45.3 Å². The van der Waals surface area contributed by atoms with Crippen LogP contribution in [-0.4, -0.2) is 140 Å². The highest BCUT2D eigenvalue weighted by Gasteiger charge is 2.43. The molecule has 2 aliphatic rings. The summed E-state index contributed by atoms with van der Waals surface area (Å²) >= 11 is 0. The normalized spacial score (nSPS) is 23.2. The number of hydrogen-bond donors (Lipinski definition) is 4. The second kappa shape index (κ2) is 25.3. The summed E-state index contributed by atoms with van der Waals surface area (Å²) in [6.45, 7) is 20.4. The van der Waals surface area contributed by atoms with E-state index < -0.39 is 96.0 Å². The number of ether oxygens (including phenoxy) is 1. The van der Waals surface area contributed by atoms with E-state index in [0.717, 1.165) is 16.5 Å². The lowest BCUT2D eigenvalue weighted by molar-refractivity contribution is -0.153. The Balaban J connectivity index is 1.49. The zero-order chi connectivity index (χ0) is 55.8. The average molecular weight is 1050 g/mol. The number of allylic oxidation sites excluding steroid dienone is 1. The Kier molecular flexibility index (Phi) is 19.4. The molecule has 412 valence electrons. The molecule has 7 atom stereocenters. The van der Waals surface area contributed by atoms with E-state index in [0.29, 0.717) is 35.7 Å². The van der Waals surface area contributed by atoms with Crippen molar-refractivity contribution in [3.05, 3.63) is 78.6 Å². The number of para-hydroxylation sites is 1. The summed E-state index contributed by atoms with van der Waals surface area (Å²) < 4.78 is 19.9. The highest BCUT2D eigenvalue weighted by molar-refractivity contribution is 5.99. The zero-order valence-corrected chi connectivity index (χ0v) is 46.2. The number of aromatic nitrogens is 3. The van der Waals surface area contributed by atoms with Crippen LogP contribution in [-0.2, 0) is 51.9 Å². The molecule has 4 aromatic rings. The molecule has 18 nitrogen and oxygen atoms in total. The van der Waals surface area contributed by atoms with Crippen LogP contribution in [0.3, 0.4) is 0 Å². The van der Waals surface area contributed by atoms with Crippen molar-refractivity contribution in [1.29, 1.82) is 0 Å². The van der Waals surface area contributed by atoms with Crippen molar-refractivity contribution in [3.63, 3.8) is 0 Å². The topological polar surface area (TPSA) is 217 Å². The number of halogens is 1. The first-order valence-corrected chi connectivity index (χ1v) is 26.7. The first kappa shape index (κ1) is 58.3. The van der Waals surface area contributed by atoms with Crippen molar-refractivity contribution in [2.24, 2.45) is 17.8 Å². The molecule has 76 heavy (non-hydrogen) atoms. The molecule has 0 saturated carbocycles. The summed E-state index contributed by atoms with van der Waals surface area (Å²) in [5.41, 5.74) is 2.08. The number of rotatable bonds is 15. The lowest BCUT2D eigenvalue weighted by atomic mass is 9.95. The minimum atomic E-state index is -1.31. The molecule has 2 aliphatic heterocycles. The largest absolute Gasteiger partial charge is 0.431 e. The van der Waals surface area contributed by atoms with Crippen LogP contribution >= 0.6 is 0 Å². The number of carbonyl (C=O) groups is 7. The minimum absolute atomic E-state index is 0.00625. The van der Waals surface area contributed by atoms with Gasteiger partial charge in [0.2, 0.25) is 48.2 Å². The van der Waals surface area contributed by atoms with Crippen LogP contribution in [0.4, 0.5) is 4.39 Å². The van der Waals surface area contributed by atoms with Crippen LogP contribution in [0, 0.1) is 17.8 Å². The van der Waals surface area contributed by atoms with E-state index in [1.54, 1.807) is 18.2 Å². The lowest BCUT2D eigenvalue weighted by Crippen LogP contribution is -2.62. The van der Waals surface area contributed by atoms with E-state index in [1.807, 2.05) is 91.9 Å². The number of amides is 7. The Bertz CT molecular complexity index is 2780. The van der Waals surface area contributed by atoms with Gasteiger partial charge in [-0.25, -0.2) is 9.37 Å². The van der Waals surface area contributed by atoms with Crippen molar-refractivity contribution < 1.29 is 42.7 Å². The van der Waals surface area contributed by atoms with Gasteiger partial charge in [-0.05, 0) is 106 Å². The maximum Gasteiger partial charge on any atom is 0.319 e. The maximum atomic E-state index is 15.5. The highest BCUT2D eigenvalue weighted by Crippen LogP contribution is 2.30. The van der Waals surface area contributed by atoms with Crippen molar-refractivity contribution in [1.82, 2.24) is 50.5 Å². The number of alkyl halides is 1. The predicted molar refractivity (Wildman–Crippen MR) is 289 cm³/mol. The third kappa shape index (κ3) is 13.9. The van der Waals surface area contributed by atoms with E-state index in [1.165, 1.54) is 41.9 Å². The van der Waals surface area contributed by atoms with Crippen LogP contribution in [0.5, 0.6) is 6.01 Å². The average Bonchev–Trinajstić information content (AvgIpc) is 3.76. The quantitative estimate of drug-likeness (QED) is 0.106. The predicted octanol–water partition coefficient (Wildman–Crippen LogP) is 5.74. The molecule has 4 N–H and O–H groups in total. The summed E-state index contributed by atoms with van der Waals surface area (Å²) in [5, 5.41) is 13.2. The van der Waals surface area contributed by atoms with Crippen molar-refractivity contribution in [2.75, 3.05) is 27.5 Å². The van der Waals surface area contributed by atoms with Gasteiger partial charge in [0, 0.05) is 62.2 Å². The molecule has 19 heteroatoms. The third-order valence-corrected chi connectivity index (χ3v) is 14.7. The van der Waals surface area contributed by atoms with Gasteiger partial charge >= 0.3 is 6.01 Å². The van der Waals surface area contributed by atoms with Gasteiger partial charge in [-0.15, -0.1) is 6.58 Å². The van der Waals surface area contributed by atoms with Crippen LogP contribution in [0.25, 0.3) is 21.8 Å². The molecular formula is C57H79FN10O8. The maximum absolute atomic E-state index is 15.5. The van der Waals surface area contributed by atoms with E-state index >= 15 is 14.4 Å². The first-order valence-electron chi connectivity index (χ1n) is 26.7. The summed E-state index contributed by atoms with van der Waals surface area (Å²) in [6.07, 6.45) is 7.09. The van der Waals surface area contributed by atoms with Crippen LogP contribution < -0.4 is 26.0 Å². The number of nitrogens with one attached hydrogen (secondary N) is 4. The Labute approximate surface area is 446 Å². The number of likely N-dealkylation sites (N-methyl/N-ethyl adjacent to an activating group) is 2. The van der Waals surface area contributed by atoms with Crippen molar-refractivity contribution in [3.8, 4) is 6.01 Å². The molecule has 7 amide bonds. The number of piperidine rings is 1. The molecule has 2 aromatic carbocycles. The molecular weight excluding hydrogens is 972 g/mol. The molecule has 2 bridgehead atoms. The van der Waals surface area contributed by atoms with E-state index in [2.05, 4.69) is 42.4 Å². The van der Waals surface area contributed by atoms with Crippen molar-refractivity contribution in [2.45, 2.75) is 162 Å². The summed E-state index contributed by atoms with van der Waals surface area (Å²) in [6, 6.07) is 4.63.